The third-order valence-electron chi connectivity index (χ3n) is 3.88. The van der Waals surface area contributed by atoms with Crippen LogP contribution in [0.4, 0.5) is 0 Å². The fraction of sp³-hybridized carbons (Fsp3) is 0.625. The highest BCUT2D eigenvalue weighted by Crippen LogP contribution is 2.29. The van der Waals surface area contributed by atoms with E-state index in [0.717, 1.165) is 18.4 Å². The summed E-state index contributed by atoms with van der Waals surface area (Å²) in [4.78, 5) is 0. The molecule has 0 heterocycles. The molecule has 0 spiro atoms. The van der Waals surface area contributed by atoms with Gasteiger partial charge in [0, 0.05) is 6.54 Å². The number of para-hydroxylation sites is 1. The Labute approximate surface area is 126 Å². The van der Waals surface area contributed by atoms with Gasteiger partial charge in [-0.2, -0.15) is 0 Å². The Morgan fingerprint density at radius 3 is 2.90 bits per heavy atom. The van der Waals surface area contributed by atoms with Gasteiger partial charge in [0.25, 0.3) is 0 Å². The summed E-state index contributed by atoms with van der Waals surface area (Å²) < 4.78 is 5.52. The minimum atomic E-state index is -0.509. The highest BCUT2D eigenvalue weighted by atomic mass is 35.5. The Hall–Kier alpha value is -0.770. The molecule has 112 valence electrons. The molecule has 1 aromatic carbocycles. The molecule has 3 unspecified atom stereocenters. The van der Waals surface area contributed by atoms with Crippen LogP contribution in [0.2, 0.25) is 5.02 Å². The Kier molecular flexibility index (Phi) is 6.14. The Balaban J connectivity index is 1.61. The number of nitrogens with one attached hydrogen (secondary N) is 1. The molecule has 0 aliphatic heterocycles. The van der Waals surface area contributed by atoms with Crippen molar-refractivity contribution >= 4 is 11.6 Å². The van der Waals surface area contributed by atoms with Crippen LogP contribution in [0.15, 0.2) is 24.3 Å². The van der Waals surface area contributed by atoms with Crippen molar-refractivity contribution in [1.82, 2.24) is 5.32 Å². The third kappa shape index (κ3) is 4.97. The molecule has 2 rings (SSSR count). The summed E-state index contributed by atoms with van der Waals surface area (Å²) >= 11 is 5.99. The zero-order chi connectivity index (χ0) is 14.4. The van der Waals surface area contributed by atoms with Crippen LogP contribution >= 0.6 is 11.6 Å². The first-order valence-corrected chi connectivity index (χ1v) is 7.79. The Bertz CT molecular complexity index is 413. The largest absolute Gasteiger partial charge is 0.489 e. The number of hydrogen-bond donors (Lipinski definition) is 2. The van der Waals surface area contributed by atoms with Crippen molar-refractivity contribution in [2.45, 2.75) is 32.3 Å². The number of aliphatic hydroxyl groups excluding tert-OH is 1. The Morgan fingerprint density at radius 2 is 2.20 bits per heavy atom. The summed E-state index contributed by atoms with van der Waals surface area (Å²) in [6.45, 7) is 4.13. The van der Waals surface area contributed by atoms with Crippen LogP contribution in [0.25, 0.3) is 0 Å². The molecule has 20 heavy (non-hydrogen) atoms. The molecule has 0 aromatic heterocycles. The molecule has 2 N–H and O–H groups in total. The first-order chi connectivity index (χ1) is 9.65. The van der Waals surface area contributed by atoms with Crippen LogP contribution in [0.3, 0.4) is 0 Å². The van der Waals surface area contributed by atoms with Gasteiger partial charge in [-0.3, -0.25) is 0 Å². The van der Waals surface area contributed by atoms with Crippen molar-refractivity contribution in [2.24, 2.45) is 11.8 Å². The predicted molar refractivity (Wildman–Crippen MR) is 82.3 cm³/mol. The van der Waals surface area contributed by atoms with Crippen molar-refractivity contribution in [2.75, 3.05) is 19.7 Å². The average molecular weight is 298 g/mol. The number of benzene rings is 1. The van der Waals surface area contributed by atoms with Gasteiger partial charge in [0.05, 0.1) is 5.02 Å². The van der Waals surface area contributed by atoms with Gasteiger partial charge in [0.1, 0.15) is 18.5 Å². The molecule has 1 aliphatic rings. The lowest BCUT2D eigenvalue weighted by Crippen LogP contribution is -2.33. The normalized spacial score (nSPS) is 23.8. The number of hydrogen-bond acceptors (Lipinski definition) is 3. The molecule has 0 saturated heterocycles. The van der Waals surface area contributed by atoms with Gasteiger partial charge in [-0.25, -0.2) is 0 Å². The van der Waals surface area contributed by atoms with E-state index in [4.69, 9.17) is 16.3 Å². The van der Waals surface area contributed by atoms with Gasteiger partial charge in [-0.05, 0) is 43.4 Å². The average Bonchev–Trinajstić information content (AvgIpc) is 2.83. The van der Waals surface area contributed by atoms with E-state index >= 15 is 0 Å². The van der Waals surface area contributed by atoms with Gasteiger partial charge in [-0.1, -0.05) is 37.1 Å². The molecule has 1 saturated carbocycles. The van der Waals surface area contributed by atoms with Crippen molar-refractivity contribution in [3.05, 3.63) is 29.3 Å². The smallest absolute Gasteiger partial charge is 0.138 e. The fourth-order valence-corrected chi connectivity index (χ4v) is 2.96. The molecule has 0 bridgehead atoms. The van der Waals surface area contributed by atoms with Gasteiger partial charge in [0.2, 0.25) is 0 Å². The number of aliphatic hydroxyl groups is 1. The number of rotatable bonds is 7. The summed E-state index contributed by atoms with van der Waals surface area (Å²) in [7, 11) is 0. The van der Waals surface area contributed by atoms with Crippen LogP contribution in [0.5, 0.6) is 5.75 Å². The van der Waals surface area contributed by atoms with Crippen LogP contribution in [-0.2, 0) is 0 Å². The van der Waals surface area contributed by atoms with E-state index in [0.29, 0.717) is 17.3 Å². The number of halogens is 1. The first kappa shape index (κ1) is 15.6. The summed E-state index contributed by atoms with van der Waals surface area (Å²) in [5, 5.41) is 13.8. The molecule has 1 aliphatic carbocycles. The molecule has 3 atom stereocenters. The third-order valence-corrected chi connectivity index (χ3v) is 4.20. The minimum Gasteiger partial charge on any atom is -0.489 e. The van der Waals surface area contributed by atoms with Crippen molar-refractivity contribution < 1.29 is 9.84 Å². The maximum Gasteiger partial charge on any atom is 0.138 e. The zero-order valence-electron chi connectivity index (χ0n) is 12.0. The second-order valence-electron chi connectivity index (χ2n) is 5.84. The maximum atomic E-state index is 9.90. The monoisotopic (exact) mass is 297 g/mol. The van der Waals surface area contributed by atoms with E-state index in [-0.39, 0.29) is 6.61 Å². The molecular weight excluding hydrogens is 274 g/mol. The van der Waals surface area contributed by atoms with Crippen LogP contribution < -0.4 is 10.1 Å². The van der Waals surface area contributed by atoms with E-state index in [1.54, 1.807) is 6.07 Å². The van der Waals surface area contributed by atoms with E-state index in [1.165, 1.54) is 19.3 Å². The summed E-state index contributed by atoms with van der Waals surface area (Å²) in [5.74, 6) is 2.25. The fourth-order valence-electron chi connectivity index (χ4n) is 2.77. The molecule has 3 nitrogen and oxygen atoms in total. The topological polar surface area (TPSA) is 41.5 Å². The molecule has 1 aromatic rings. The first-order valence-electron chi connectivity index (χ1n) is 7.41. The van der Waals surface area contributed by atoms with Gasteiger partial charge < -0.3 is 15.2 Å². The molecule has 4 heteroatoms. The second kappa shape index (κ2) is 7.87. The van der Waals surface area contributed by atoms with E-state index in [1.807, 2.05) is 18.2 Å². The lowest BCUT2D eigenvalue weighted by atomic mass is 10.1. The molecule has 0 radical (unpaired) electrons. The SMILES string of the molecule is CC1CCC(CNCC(O)COc2ccccc2Cl)C1. The molecule has 1 fully saturated rings. The lowest BCUT2D eigenvalue weighted by Gasteiger charge is -2.16. The van der Waals surface area contributed by atoms with Gasteiger partial charge in [0.15, 0.2) is 0 Å². The van der Waals surface area contributed by atoms with Crippen molar-refractivity contribution in [3.8, 4) is 5.75 Å². The molecular formula is C16H24ClNO2. The Morgan fingerprint density at radius 1 is 1.40 bits per heavy atom. The van der Waals surface area contributed by atoms with Crippen LogP contribution in [0, 0.1) is 11.8 Å². The van der Waals surface area contributed by atoms with E-state index in [2.05, 4.69) is 12.2 Å². The van der Waals surface area contributed by atoms with Crippen molar-refractivity contribution in [3.63, 3.8) is 0 Å². The highest BCUT2D eigenvalue weighted by molar-refractivity contribution is 6.32. The lowest BCUT2D eigenvalue weighted by molar-refractivity contribution is 0.105. The standard InChI is InChI=1S/C16H24ClNO2/c1-12-6-7-13(8-12)9-18-10-14(19)11-20-16-5-3-2-4-15(16)17/h2-5,12-14,18-19H,6-11H2,1H3. The van der Waals surface area contributed by atoms with Crippen LogP contribution in [-0.4, -0.2) is 30.9 Å². The quantitative estimate of drug-likeness (QED) is 0.812. The second-order valence-corrected chi connectivity index (χ2v) is 6.24. The van der Waals surface area contributed by atoms with Gasteiger partial charge in [-0.15, -0.1) is 0 Å². The summed E-state index contributed by atoms with van der Waals surface area (Å²) in [6, 6.07) is 7.31. The zero-order valence-corrected chi connectivity index (χ0v) is 12.8. The highest BCUT2D eigenvalue weighted by Gasteiger charge is 2.20. The van der Waals surface area contributed by atoms with Crippen molar-refractivity contribution in [1.29, 1.82) is 0 Å². The summed E-state index contributed by atoms with van der Waals surface area (Å²) in [5.41, 5.74) is 0. The predicted octanol–water partition coefficient (Wildman–Crippen LogP) is 3.11. The minimum absolute atomic E-state index is 0.262. The van der Waals surface area contributed by atoms with Crippen LogP contribution in [0.1, 0.15) is 26.2 Å². The maximum absolute atomic E-state index is 9.90. The van der Waals surface area contributed by atoms with E-state index in [9.17, 15) is 5.11 Å². The van der Waals surface area contributed by atoms with E-state index < -0.39 is 6.10 Å². The number of ether oxygens (including phenoxy) is 1. The van der Waals surface area contributed by atoms with Gasteiger partial charge >= 0.3 is 0 Å². The molecule has 0 amide bonds. The summed E-state index contributed by atoms with van der Waals surface area (Å²) in [6.07, 6.45) is 3.44.